The number of unbranched alkanes of at least 4 members (excludes halogenated alkanes) is 1. The SMILES string of the molecule is CCCCN(C)C(=Nc1cccc(C#N)c1)S/C(C)=C1\SC2C=CC=CC(=C2)N1C.CO. The van der Waals surface area contributed by atoms with Gasteiger partial charge in [0, 0.05) is 43.6 Å². The van der Waals surface area contributed by atoms with Gasteiger partial charge in [0.25, 0.3) is 0 Å². The minimum absolute atomic E-state index is 0.349. The standard InChI is InChI=1S/C24H28N4S2.CH4O/c1-5-6-14-27(3)24(26-20-11-9-10-19(15-20)17-25)29-18(2)23-28(4)21-12-7-8-13-22(16-21)30-23;1-2/h7-13,15-16,22H,5-6,14H2,1-4H3;2H,1H3/b23-18-,26-24?;. The fourth-order valence-electron chi connectivity index (χ4n) is 3.16. The van der Waals surface area contributed by atoms with Crippen molar-refractivity contribution >= 4 is 34.4 Å². The van der Waals surface area contributed by atoms with Gasteiger partial charge in [-0.1, -0.05) is 61.2 Å². The summed E-state index contributed by atoms with van der Waals surface area (Å²) < 4.78 is 0. The van der Waals surface area contributed by atoms with Crippen LogP contribution in [0.25, 0.3) is 0 Å². The molecule has 32 heavy (non-hydrogen) atoms. The molecule has 1 aliphatic heterocycles. The molecule has 2 aliphatic rings. The molecular formula is C25H32N4OS2. The number of fused-ring (bicyclic) bond motifs is 1. The lowest BCUT2D eigenvalue weighted by molar-refractivity contribution is 0.399. The van der Waals surface area contributed by atoms with Crippen molar-refractivity contribution in [2.24, 2.45) is 4.99 Å². The summed E-state index contributed by atoms with van der Waals surface area (Å²) >= 11 is 3.57. The molecule has 0 fully saturated rings. The second kappa shape index (κ2) is 13.2. The molecule has 1 unspecified atom stereocenters. The first kappa shape index (κ1) is 25.9. The molecule has 5 nitrogen and oxygen atoms in total. The van der Waals surface area contributed by atoms with Gasteiger partial charge in [-0.2, -0.15) is 5.26 Å². The summed E-state index contributed by atoms with van der Waals surface area (Å²) in [4.78, 5) is 10.6. The Balaban J connectivity index is 0.00000176. The number of aliphatic imine (C=N–C) groups is 1. The van der Waals surface area contributed by atoms with Gasteiger partial charge in [-0.05, 0) is 43.7 Å². The molecule has 2 bridgehead atoms. The Morgan fingerprint density at radius 3 is 2.84 bits per heavy atom. The van der Waals surface area contributed by atoms with Crippen molar-refractivity contribution in [1.82, 2.24) is 9.80 Å². The first-order valence-corrected chi connectivity index (χ1v) is 12.3. The summed E-state index contributed by atoms with van der Waals surface area (Å²) in [5, 5.41) is 18.8. The molecule has 0 amide bonds. The van der Waals surface area contributed by atoms with Gasteiger partial charge >= 0.3 is 0 Å². The van der Waals surface area contributed by atoms with E-state index in [0.717, 1.165) is 37.4 Å². The van der Waals surface area contributed by atoms with Gasteiger partial charge in [0.15, 0.2) is 5.17 Å². The molecule has 1 N–H and O–H groups in total. The lowest BCUT2D eigenvalue weighted by Crippen LogP contribution is -2.26. The van der Waals surface area contributed by atoms with E-state index in [0.29, 0.717) is 10.8 Å². The minimum atomic E-state index is 0.349. The molecule has 0 radical (unpaired) electrons. The molecule has 1 aromatic carbocycles. The molecule has 0 saturated carbocycles. The average molecular weight is 469 g/mol. The monoisotopic (exact) mass is 468 g/mol. The lowest BCUT2D eigenvalue weighted by atomic mass is 10.2. The first-order valence-electron chi connectivity index (χ1n) is 10.6. The molecule has 170 valence electrons. The number of hydrogen-bond donors (Lipinski definition) is 1. The van der Waals surface area contributed by atoms with Crippen molar-refractivity contribution in [3.63, 3.8) is 0 Å². The normalized spacial score (nSPS) is 18.8. The van der Waals surface area contributed by atoms with Crippen LogP contribution in [0.2, 0.25) is 0 Å². The van der Waals surface area contributed by atoms with Gasteiger partial charge in [-0.25, -0.2) is 4.99 Å². The summed E-state index contributed by atoms with van der Waals surface area (Å²) in [5.41, 5.74) is 2.66. The minimum Gasteiger partial charge on any atom is -0.400 e. The van der Waals surface area contributed by atoms with Crippen molar-refractivity contribution in [3.05, 3.63) is 75.8 Å². The maximum atomic E-state index is 9.22. The number of allylic oxidation sites excluding steroid dienone is 4. The number of nitrogens with zero attached hydrogens (tertiary/aromatic N) is 4. The number of benzene rings is 1. The predicted octanol–water partition coefficient (Wildman–Crippen LogP) is 5.87. The summed E-state index contributed by atoms with van der Waals surface area (Å²) in [6, 6.07) is 9.69. The van der Waals surface area contributed by atoms with Gasteiger partial charge in [0.05, 0.1) is 22.3 Å². The third kappa shape index (κ3) is 7.06. The zero-order chi connectivity index (χ0) is 23.5. The second-order valence-electron chi connectivity index (χ2n) is 7.27. The van der Waals surface area contributed by atoms with Gasteiger partial charge in [-0.3, -0.25) is 0 Å². The van der Waals surface area contributed by atoms with Crippen LogP contribution in [0.1, 0.15) is 32.3 Å². The summed E-state index contributed by atoms with van der Waals surface area (Å²) in [7, 11) is 5.22. The number of aliphatic hydroxyl groups excluding tert-OH is 1. The van der Waals surface area contributed by atoms with E-state index in [2.05, 4.69) is 74.2 Å². The van der Waals surface area contributed by atoms with Crippen molar-refractivity contribution < 1.29 is 5.11 Å². The Hall–Kier alpha value is -2.40. The number of amidine groups is 1. The highest BCUT2D eigenvalue weighted by molar-refractivity contribution is 8.17. The molecule has 0 spiro atoms. The Labute approximate surface area is 200 Å². The van der Waals surface area contributed by atoms with Gasteiger partial charge < -0.3 is 14.9 Å². The lowest BCUT2D eigenvalue weighted by Gasteiger charge is -2.31. The van der Waals surface area contributed by atoms with Crippen LogP contribution in [0.15, 0.2) is 75.3 Å². The number of likely N-dealkylation sites (N-methyl/N-ethyl adjacent to an activating group) is 1. The number of aliphatic hydroxyl groups is 1. The van der Waals surface area contributed by atoms with Gasteiger partial charge in [0.1, 0.15) is 0 Å². The van der Waals surface area contributed by atoms with E-state index in [1.54, 1.807) is 11.8 Å². The van der Waals surface area contributed by atoms with Crippen LogP contribution in [0.4, 0.5) is 5.69 Å². The maximum absolute atomic E-state index is 9.22. The van der Waals surface area contributed by atoms with E-state index in [1.165, 1.54) is 15.6 Å². The van der Waals surface area contributed by atoms with Crippen LogP contribution in [-0.4, -0.2) is 53.1 Å². The molecule has 7 heteroatoms. The van der Waals surface area contributed by atoms with Crippen molar-refractivity contribution in [1.29, 1.82) is 5.26 Å². The van der Waals surface area contributed by atoms with E-state index in [9.17, 15) is 5.26 Å². The van der Waals surface area contributed by atoms with E-state index in [-0.39, 0.29) is 0 Å². The molecule has 1 aromatic rings. The number of hydrogen-bond acceptors (Lipinski definition) is 6. The Bertz CT molecular complexity index is 972. The van der Waals surface area contributed by atoms with E-state index in [1.807, 2.05) is 36.0 Å². The van der Waals surface area contributed by atoms with Crippen LogP contribution in [0.3, 0.4) is 0 Å². The summed E-state index contributed by atoms with van der Waals surface area (Å²) in [6.07, 6.45) is 13.2. The van der Waals surface area contributed by atoms with Crippen LogP contribution in [0, 0.1) is 11.3 Å². The number of nitriles is 1. The quantitative estimate of drug-likeness (QED) is 0.431. The Kier molecular flexibility index (Phi) is 10.7. The maximum Gasteiger partial charge on any atom is 0.168 e. The third-order valence-corrected chi connectivity index (χ3v) is 7.46. The fraction of sp³-hybridized carbons (Fsp3) is 0.360. The predicted molar refractivity (Wildman–Crippen MR) is 140 cm³/mol. The highest BCUT2D eigenvalue weighted by atomic mass is 32.2. The Morgan fingerprint density at radius 2 is 2.12 bits per heavy atom. The van der Waals surface area contributed by atoms with E-state index >= 15 is 0 Å². The van der Waals surface area contributed by atoms with Crippen molar-refractivity contribution in [2.45, 2.75) is 31.9 Å². The van der Waals surface area contributed by atoms with Crippen LogP contribution >= 0.6 is 23.5 Å². The van der Waals surface area contributed by atoms with Gasteiger partial charge in [-0.15, -0.1) is 0 Å². The summed E-state index contributed by atoms with van der Waals surface area (Å²) in [6.45, 7) is 5.32. The Morgan fingerprint density at radius 1 is 1.34 bits per heavy atom. The fourth-order valence-corrected chi connectivity index (χ4v) is 5.39. The molecule has 1 aliphatic carbocycles. The van der Waals surface area contributed by atoms with Gasteiger partial charge in [0.2, 0.25) is 0 Å². The first-order chi connectivity index (χ1) is 15.5. The molecule has 0 saturated heterocycles. The van der Waals surface area contributed by atoms with Crippen molar-refractivity contribution in [3.8, 4) is 6.07 Å². The molecule has 3 rings (SSSR count). The number of thioether (sulfide) groups is 2. The topological polar surface area (TPSA) is 62.9 Å². The zero-order valence-electron chi connectivity index (χ0n) is 19.4. The third-order valence-electron chi connectivity index (χ3n) is 4.87. The highest BCUT2D eigenvalue weighted by Crippen LogP contribution is 2.41. The van der Waals surface area contributed by atoms with E-state index in [4.69, 9.17) is 10.1 Å². The van der Waals surface area contributed by atoms with Crippen LogP contribution in [0.5, 0.6) is 0 Å². The summed E-state index contributed by atoms with van der Waals surface area (Å²) in [5.74, 6) is 0. The second-order valence-corrected chi connectivity index (χ2v) is 9.62. The highest BCUT2D eigenvalue weighted by Gasteiger charge is 2.24. The van der Waals surface area contributed by atoms with Crippen molar-refractivity contribution in [2.75, 3.05) is 27.7 Å². The smallest absolute Gasteiger partial charge is 0.168 e. The van der Waals surface area contributed by atoms with Crippen LogP contribution < -0.4 is 0 Å². The largest absolute Gasteiger partial charge is 0.400 e. The molecule has 1 heterocycles. The average Bonchev–Trinajstić information content (AvgIpc) is 3.03. The molecule has 1 atom stereocenters. The van der Waals surface area contributed by atoms with Crippen LogP contribution in [-0.2, 0) is 0 Å². The molecule has 0 aromatic heterocycles. The van der Waals surface area contributed by atoms with E-state index < -0.39 is 0 Å². The molecular weight excluding hydrogens is 436 g/mol. The zero-order valence-corrected chi connectivity index (χ0v) is 21.1. The number of rotatable bonds is 5.